The molecule has 1 rings (SSSR count). The lowest BCUT2D eigenvalue weighted by molar-refractivity contribution is -0.385. The number of benzene rings is 1. The molecule has 0 radical (unpaired) electrons. The fourth-order valence-electron chi connectivity index (χ4n) is 1.44. The van der Waals surface area contributed by atoms with E-state index in [-0.39, 0.29) is 17.8 Å². The van der Waals surface area contributed by atoms with Gasteiger partial charge in [0, 0.05) is 23.1 Å². The second-order valence-corrected chi connectivity index (χ2v) is 3.53. The zero-order chi connectivity index (χ0) is 14.3. The molecule has 19 heavy (non-hydrogen) atoms. The molecule has 0 fully saturated rings. The monoisotopic (exact) mass is 262 g/mol. The lowest BCUT2D eigenvalue weighted by Gasteiger charge is -2.01. The zero-order valence-electron chi connectivity index (χ0n) is 9.76. The molecule has 0 aromatic heterocycles. The molecule has 0 heterocycles. The van der Waals surface area contributed by atoms with Gasteiger partial charge in [-0.15, -0.1) is 0 Å². The summed E-state index contributed by atoms with van der Waals surface area (Å²) in [7, 11) is 0. The van der Waals surface area contributed by atoms with E-state index in [0.29, 0.717) is 5.56 Å². The molecule has 0 unspecified atom stereocenters. The van der Waals surface area contributed by atoms with Crippen molar-refractivity contribution in [2.24, 2.45) is 5.11 Å². The summed E-state index contributed by atoms with van der Waals surface area (Å²) in [6.07, 6.45) is 2.71. The molecule has 8 nitrogen and oxygen atoms in total. The van der Waals surface area contributed by atoms with E-state index >= 15 is 0 Å². The Kier molecular flexibility index (Phi) is 5.06. The summed E-state index contributed by atoms with van der Waals surface area (Å²) in [5, 5.41) is 22.8. The number of nitrogens with zero attached hydrogens (tertiary/aromatic N) is 4. The third-order valence-corrected chi connectivity index (χ3v) is 2.21. The quantitative estimate of drug-likeness (QED) is 0.277. The second-order valence-electron chi connectivity index (χ2n) is 3.53. The van der Waals surface area contributed by atoms with Gasteiger partial charge in [-0.2, -0.15) is 0 Å². The minimum atomic E-state index is -1.13. The third kappa shape index (κ3) is 4.49. The van der Waals surface area contributed by atoms with Crippen molar-refractivity contribution in [2.75, 3.05) is 6.54 Å². The Morgan fingerprint density at radius 3 is 2.89 bits per heavy atom. The average Bonchev–Trinajstić information content (AvgIpc) is 2.35. The minimum absolute atomic E-state index is 0.140. The third-order valence-electron chi connectivity index (χ3n) is 2.21. The number of carbonyl (C=O) groups is 1. The highest BCUT2D eigenvalue weighted by Crippen LogP contribution is 2.21. The van der Waals surface area contributed by atoms with Gasteiger partial charge in [-0.3, -0.25) is 14.9 Å². The van der Waals surface area contributed by atoms with Crippen molar-refractivity contribution in [3.05, 3.63) is 56.0 Å². The van der Waals surface area contributed by atoms with E-state index in [1.165, 1.54) is 12.1 Å². The Balaban J connectivity index is 3.02. The van der Waals surface area contributed by atoms with Crippen LogP contribution in [0.1, 0.15) is 11.1 Å². The van der Waals surface area contributed by atoms with Gasteiger partial charge in [0.2, 0.25) is 0 Å². The number of carboxylic acids is 1. The number of nitro groups is 1. The van der Waals surface area contributed by atoms with Crippen LogP contribution in [0.2, 0.25) is 0 Å². The molecule has 0 aliphatic heterocycles. The van der Waals surface area contributed by atoms with Gasteiger partial charge in [0.25, 0.3) is 5.69 Å². The highest BCUT2D eigenvalue weighted by molar-refractivity contribution is 5.72. The Morgan fingerprint density at radius 1 is 1.58 bits per heavy atom. The smallest absolute Gasteiger partial charge is 0.308 e. The fraction of sp³-hybridized carbons (Fsp3) is 0.182. The van der Waals surface area contributed by atoms with Crippen molar-refractivity contribution in [1.29, 1.82) is 0 Å². The average molecular weight is 262 g/mol. The first-order valence-corrected chi connectivity index (χ1v) is 5.21. The highest BCUT2D eigenvalue weighted by Gasteiger charge is 2.16. The predicted molar refractivity (Wildman–Crippen MR) is 67.5 cm³/mol. The number of rotatable bonds is 6. The van der Waals surface area contributed by atoms with Crippen molar-refractivity contribution in [3.8, 4) is 0 Å². The summed E-state index contributed by atoms with van der Waals surface area (Å²) in [5.41, 5.74) is 8.52. The van der Waals surface area contributed by atoms with Crippen LogP contribution in [0.4, 0.5) is 5.69 Å². The van der Waals surface area contributed by atoms with Crippen LogP contribution in [0, 0.1) is 10.1 Å². The van der Waals surface area contributed by atoms with Gasteiger partial charge < -0.3 is 5.11 Å². The zero-order valence-corrected chi connectivity index (χ0v) is 9.76. The summed E-state index contributed by atoms with van der Waals surface area (Å²) < 4.78 is 0. The Labute approximate surface area is 107 Å². The lowest BCUT2D eigenvalue weighted by atomic mass is 10.1. The normalized spacial score (nSPS) is 10.1. The number of nitro benzene ring substituents is 1. The van der Waals surface area contributed by atoms with Crippen molar-refractivity contribution in [2.45, 2.75) is 6.42 Å². The summed E-state index contributed by atoms with van der Waals surface area (Å²) in [6, 6.07) is 4.25. The molecular formula is C11H10N4O4. The standard InChI is InChI=1S/C11H10N4O4/c12-14-13-5-1-2-8-3-4-9(7-11(16)17)10(6-8)15(18)19/h1-4,6H,5,7H2,(H,16,17). The van der Waals surface area contributed by atoms with Crippen LogP contribution in [0.5, 0.6) is 0 Å². The van der Waals surface area contributed by atoms with E-state index in [4.69, 9.17) is 10.6 Å². The number of hydrogen-bond donors (Lipinski definition) is 1. The number of carboxylic acid groups (broad SMARTS) is 1. The van der Waals surface area contributed by atoms with Gasteiger partial charge in [0.1, 0.15) is 0 Å². The van der Waals surface area contributed by atoms with E-state index in [1.807, 2.05) is 0 Å². The molecule has 0 bridgehead atoms. The molecule has 98 valence electrons. The minimum Gasteiger partial charge on any atom is -0.481 e. The molecule has 0 spiro atoms. The first-order chi connectivity index (χ1) is 9.04. The second kappa shape index (κ2) is 6.77. The largest absolute Gasteiger partial charge is 0.481 e. The van der Waals surface area contributed by atoms with Gasteiger partial charge in [-0.1, -0.05) is 29.4 Å². The van der Waals surface area contributed by atoms with Gasteiger partial charge >= 0.3 is 5.97 Å². The van der Waals surface area contributed by atoms with E-state index in [9.17, 15) is 14.9 Å². The molecule has 8 heteroatoms. The highest BCUT2D eigenvalue weighted by atomic mass is 16.6. The van der Waals surface area contributed by atoms with Crippen molar-refractivity contribution in [3.63, 3.8) is 0 Å². The molecule has 0 aliphatic carbocycles. The van der Waals surface area contributed by atoms with Crippen LogP contribution in [-0.4, -0.2) is 22.5 Å². The van der Waals surface area contributed by atoms with Gasteiger partial charge in [-0.25, -0.2) is 0 Å². The summed E-state index contributed by atoms with van der Waals surface area (Å²) in [6.45, 7) is 0.140. The van der Waals surface area contributed by atoms with Crippen molar-refractivity contribution in [1.82, 2.24) is 0 Å². The van der Waals surface area contributed by atoms with Gasteiger partial charge in [-0.05, 0) is 11.1 Å². The maximum Gasteiger partial charge on any atom is 0.308 e. The first-order valence-electron chi connectivity index (χ1n) is 5.21. The molecule has 0 atom stereocenters. The van der Waals surface area contributed by atoms with Crippen LogP contribution >= 0.6 is 0 Å². The molecule has 0 saturated heterocycles. The lowest BCUT2D eigenvalue weighted by Crippen LogP contribution is -2.03. The topological polar surface area (TPSA) is 129 Å². The SMILES string of the molecule is [N-]=[N+]=NCC=Cc1ccc(CC(=O)O)c([N+](=O)[O-])c1. The van der Waals surface area contributed by atoms with Crippen LogP contribution in [0.15, 0.2) is 29.4 Å². The van der Waals surface area contributed by atoms with Crippen molar-refractivity contribution < 1.29 is 14.8 Å². The molecule has 0 aliphatic rings. The Morgan fingerprint density at radius 2 is 2.32 bits per heavy atom. The van der Waals surface area contributed by atoms with Crippen LogP contribution in [0.25, 0.3) is 16.5 Å². The van der Waals surface area contributed by atoms with Crippen LogP contribution < -0.4 is 0 Å². The molecule has 0 amide bonds. The molecule has 1 N–H and O–H groups in total. The number of azide groups is 1. The van der Waals surface area contributed by atoms with Crippen LogP contribution in [-0.2, 0) is 11.2 Å². The van der Waals surface area contributed by atoms with E-state index < -0.39 is 17.3 Å². The van der Waals surface area contributed by atoms with E-state index in [2.05, 4.69) is 10.0 Å². The van der Waals surface area contributed by atoms with Crippen LogP contribution in [0.3, 0.4) is 0 Å². The van der Waals surface area contributed by atoms with Gasteiger partial charge in [0.15, 0.2) is 0 Å². The first kappa shape index (κ1) is 14.2. The Bertz CT molecular complexity index is 576. The number of aliphatic carboxylic acids is 1. The summed E-state index contributed by atoms with van der Waals surface area (Å²) in [4.78, 5) is 23.4. The van der Waals surface area contributed by atoms with Crippen molar-refractivity contribution >= 4 is 17.7 Å². The Hall–Kier alpha value is -2.86. The van der Waals surface area contributed by atoms with Gasteiger partial charge in [0.05, 0.1) is 11.3 Å². The van der Waals surface area contributed by atoms with E-state index in [1.54, 1.807) is 18.2 Å². The summed E-state index contributed by atoms with van der Waals surface area (Å²) >= 11 is 0. The molecule has 0 saturated carbocycles. The summed E-state index contributed by atoms with van der Waals surface area (Å²) in [5.74, 6) is -1.13. The van der Waals surface area contributed by atoms with E-state index in [0.717, 1.165) is 0 Å². The molecule has 1 aromatic carbocycles. The molecule has 1 aromatic rings. The maximum atomic E-state index is 10.9. The maximum absolute atomic E-state index is 10.9. The predicted octanol–water partition coefficient (Wildman–Crippen LogP) is 2.55. The number of hydrogen-bond acceptors (Lipinski definition) is 4. The fourth-order valence-corrected chi connectivity index (χ4v) is 1.44. The molecular weight excluding hydrogens is 252 g/mol.